The summed E-state index contributed by atoms with van der Waals surface area (Å²) < 4.78 is 0. The van der Waals surface area contributed by atoms with Crippen LogP contribution in [-0.2, 0) is 27.2 Å². The quantitative estimate of drug-likeness (QED) is 0.225. The number of hydrogen-bond acceptors (Lipinski definition) is 6. The van der Waals surface area contributed by atoms with Crippen molar-refractivity contribution in [2.24, 2.45) is 5.73 Å². The second-order valence-electron chi connectivity index (χ2n) is 8.17. The molecule has 3 aromatic rings. The molecule has 10 heteroatoms. The fourth-order valence-corrected chi connectivity index (χ4v) is 3.63. The molecule has 0 saturated carbocycles. The van der Waals surface area contributed by atoms with E-state index in [0.29, 0.717) is 0 Å². The first-order valence-electron chi connectivity index (χ1n) is 10.8. The molecule has 0 bridgehead atoms. The molecule has 8 N–H and O–H groups in total. The van der Waals surface area contributed by atoms with Crippen LogP contribution in [0.25, 0.3) is 10.9 Å². The number of aliphatic hydroxyl groups is 1. The van der Waals surface area contributed by atoms with Gasteiger partial charge in [0.25, 0.3) is 0 Å². The molecule has 0 radical (unpaired) electrons. The summed E-state index contributed by atoms with van der Waals surface area (Å²) in [6, 6.07) is 10.0. The third kappa shape index (κ3) is 6.12. The number of carbonyl (C=O) groups excluding carboxylic acids is 2. The molecule has 1 aromatic heterocycles. The van der Waals surface area contributed by atoms with Crippen molar-refractivity contribution in [1.82, 2.24) is 15.6 Å². The van der Waals surface area contributed by atoms with Crippen LogP contribution in [0.2, 0.25) is 0 Å². The van der Waals surface area contributed by atoms with Crippen LogP contribution in [0.4, 0.5) is 0 Å². The fraction of sp³-hybridized carbons (Fsp3) is 0.292. The highest BCUT2D eigenvalue weighted by atomic mass is 16.4. The molecule has 0 fully saturated rings. The van der Waals surface area contributed by atoms with Gasteiger partial charge in [0, 0.05) is 23.5 Å². The molecule has 0 aliphatic heterocycles. The minimum atomic E-state index is -1.54. The molecule has 34 heavy (non-hydrogen) atoms. The number of aromatic amines is 1. The fourth-order valence-electron chi connectivity index (χ4n) is 3.63. The number of hydrogen-bond donors (Lipinski definition) is 7. The van der Waals surface area contributed by atoms with E-state index >= 15 is 0 Å². The van der Waals surface area contributed by atoms with Gasteiger partial charge in [0.1, 0.15) is 11.8 Å². The lowest BCUT2D eigenvalue weighted by Gasteiger charge is -2.24. The first-order chi connectivity index (χ1) is 16.2. The zero-order chi connectivity index (χ0) is 24.8. The highest BCUT2D eigenvalue weighted by Crippen LogP contribution is 2.19. The third-order valence-corrected chi connectivity index (χ3v) is 5.51. The summed E-state index contributed by atoms with van der Waals surface area (Å²) in [7, 11) is 0. The zero-order valence-electron chi connectivity index (χ0n) is 18.6. The summed E-state index contributed by atoms with van der Waals surface area (Å²) in [5, 5.41) is 34.2. The van der Waals surface area contributed by atoms with Gasteiger partial charge in [-0.25, -0.2) is 4.79 Å². The van der Waals surface area contributed by atoms with Gasteiger partial charge in [-0.05, 0) is 42.7 Å². The van der Waals surface area contributed by atoms with E-state index in [2.05, 4.69) is 15.6 Å². The molecule has 0 aliphatic rings. The standard InChI is InChI=1S/C24H28N4O6/c1-13(29)21(24(33)34)28-23(32)20(11-15-12-26-19-5-3-2-4-17(15)19)27-22(31)18(25)10-14-6-8-16(30)9-7-14/h2-9,12-13,18,20-21,26,29-30H,10-11,25H2,1H3,(H,27,31)(H,28,32)(H,33,34)/t13-,18+,20+,21+/m1/s1. The number of aromatic nitrogens is 1. The van der Waals surface area contributed by atoms with E-state index in [1.54, 1.807) is 18.3 Å². The van der Waals surface area contributed by atoms with E-state index in [-0.39, 0.29) is 18.6 Å². The molecule has 0 spiro atoms. The summed E-state index contributed by atoms with van der Waals surface area (Å²) in [5.74, 6) is -2.67. The van der Waals surface area contributed by atoms with E-state index in [0.717, 1.165) is 22.0 Å². The normalized spacial score (nSPS) is 14.7. The minimum absolute atomic E-state index is 0.0691. The topological polar surface area (TPSA) is 178 Å². The van der Waals surface area contributed by atoms with Crippen LogP contribution >= 0.6 is 0 Å². The summed E-state index contributed by atoms with van der Waals surface area (Å²) in [5.41, 5.74) is 8.36. The largest absolute Gasteiger partial charge is 0.508 e. The number of aliphatic hydroxyl groups excluding tert-OH is 1. The number of fused-ring (bicyclic) bond motifs is 1. The van der Waals surface area contributed by atoms with Gasteiger partial charge in [0.2, 0.25) is 11.8 Å². The molecule has 2 aromatic carbocycles. The summed E-state index contributed by atoms with van der Waals surface area (Å²) in [6.45, 7) is 1.25. The van der Waals surface area contributed by atoms with Crippen molar-refractivity contribution in [3.8, 4) is 5.75 Å². The Morgan fingerprint density at radius 1 is 1.00 bits per heavy atom. The number of benzene rings is 2. The van der Waals surface area contributed by atoms with Gasteiger partial charge in [-0.2, -0.15) is 0 Å². The molecular formula is C24H28N4O6. The SMILES string of the molecule is C[C@@H](O)[C@H](NC(=O)[C@H](Cc1c[nH]c2ccccc12)NC(=O)[C@@H](N)Cc1ccc(O)cc1)C(=O)O. The Morgan fingerprint density at radius 2 is 1.68 bits per heavy atom. The van der Waals surface area contributed by atoms with Gasteiger partial charge in [0.05, 0.1) is 12.1 Å². The number of nitrogens with two attached hydrogens (primary N) is 1. The minimum Gasteiger partial charge on any atom is -0.508 e. The maximum absolute atomic E-state index is 13.0. The van der Waals surface area contributed by atoms with Gasteiger partial charge in [-0.3, -0.25) is 9.59 Å². The Balaban J connectivity index is 1.79. The second kappa shape index (κ2) is 10.8. The summed E-state index contributed by atoms with van der Waals surface area (Å²) in [4.78, 5) is 40.4. The Labute approximate surface area is 195 Å². The van der Waals surface area contributed by atoms with Crippen LogP contribution in [0.1, 0.15) is 18.1 Å². The van der Waals surface area contributed by atoms with Gasteiger partial charge >= 0.3 is 5.97 Å². The van der Waals surface area contributed by atoms with Gasteiger partial charge in [0.15, 0.2) is 6.04 Å². The lowest BCUT2D eigenvalue weighted by Crippen LogP contribution is -2.57. The molecule has 0 unspecified atom stereocenters. The molecule has 3 rings (SSSR count). The van der Waals surface area contributed by atoms with Gasteiger partial charge in [-0.1, -0.05) is 30.3 Å². The van der Waals surface area contributed by atoms with Crippen molar-refractivity contribution in [2.45, 2.75) is 44.0 Å². The molecule has 2 amide bonds. The summed E-state index contributed by atoms with van der Waals surface area (Å²) in [6.07, 6.45) is 0.609. The first kappa shape index (κ1) is 24.7. The number of carboxylic acid groups (broad SMARTS) is 1. The number of aliphatic carboxylic acids is 1. The number of rotatable bonds is 10. The van der Waals surface area contributed by atoms with E-state index in [1.165, 1.54) is 19.1 Å². The Morgan fingerprint density at radius 3 is 2.32 bits per heavy atom. The highest BCUT2D eigenvalue weighted by Gasteiger charge is 2.31. The predicted octanol–water partition coefficient (Wildman–Crippen LogP) is 0.421. The van der Waals surface area contributed by atoms with Crippen LogP contribution in [-0.4, -0.2) is 62.3 Å². The number of H-pyrrole nitrogens is 1. The Hall–Kier alpha value is -3.89. The van der Waals surface area contributed by atoms with E-state index in [1.807, 2.05) is 24.3 Å². The monoisotopic (exact) mass is 468 g/mol. The molecule has 4 atom stereocenters. The third-order valence-electron chi connectivity index (χ3n) is 5.51. The highest BCUT2D eigenvalue weighted by molar-refractivity contribution is 5.93. The van der Waals surface area contributed by atoms with Crippen molar-refractivity contribution in [2.75, 3.05) is 0 Å². The number of aromatic hydroxyl groups is 1. The van der Waals surface area contributed by atoms with Gasteiger partial charge in [-0.15, -0.1) is 0 Å². The first-order valence-corrected chi connectivity index (χ1v) is 10.8. The average molecular weight is 469 g/mol. The number of phenols is 1. The molecule has 10 nitrogen and oxygen atoms in total. The zero-order valence-corrected chi connectivity index (χ0v) is 18.6. The lowest BCUT2D eigenvalue weighted by atomic mass is 10.0. The van der Waals surface area contributed by atoms with Crippen molar-refractivity contribution in [3.63, 3.8) is 0 Å². The van der Waals surface area contributed by atoms with Crippen molar-refractivity contribution in [1.29, 1.82) is 0 Å². The maximum atomic E-state index is 13.0. The number of carboxylic acids is 1. The predicted molar refractivity (Wildman–Crippen MR) is 125 cm³/mol. The number of carbonyl (C=O) groups is 3. The molecule has 0 saturated heterocycles. The molecule has 180 valence electrons. The number of amides is 2. The molecule has 0 aliphatic carbocycles. The van der Waals surface area contributed by atoms with E-state index in [9.17, 15) is 29.7 Å². The van der Waals surface area contributed by atoms with Crippen LogP contribution in [0.15, 0.2) is 54.7 Å². The van der Waals surface area contributed by atoms with Crippen LogP contribution < -0.4 is 16.4 Å². The van der Waals surface area contributed by atoms with E-state index < -0.39 is 42.0 Å². The second-order valence-corrected chi connectivity index (χ2v) is 8.17. The average Bonchev–Trinajstić information content (AvgIpc) is 3.20. The van der Waals surface area contributed by atoms with Crippen LogP contribution in [0.5, 0.6) is 5.75 Å². The Kier molecular flexibility index (Phi) is 7.87. The van der Waals surface area contributed by atoms with Crippen LogP contribution in [0, 0.1) is 0 Å². The lowest BCUT2D eigenvalue weighted by molar-refractivity contribution is -0.145. The number of para-hydroxylation sites is 1. The van der Waals surface area contributed by atoms with Crippen LogP contribution in [0.3, 0.4) is 0 Å². The number of phenolic OH excluding ortho intramolecular Hbond substituents is 1. The number of nitrogens with one attached hydrogen (secondary N) is 3. The Bertz CT molecular complexity index is 1160. The van der Waals surface area contributed by atoms with Crippen molar-refractivity contribution < 1.29 is 29.7 Å². The van der Waals surface area contributed by atoms with Crippen molar-refractivity contribution in [3.05, 3.63) is 65.9 Å². The van der Waals surface area contributed by atoms with Gasteiger partial charge < -0.3 is 36.7 Å². The smallest absolute Gasteiger partial charge is 0.328 e. The molecular weight excluding hydrogens is 440 g/mol. The van der Waals surface area contributed by atoms with Crippen molar-refractivity contribution >= 4 is 28.7 Å². The van der Waals surface area contributed by atoms with E-state index in [4.69, 9.17) is 5.73 Å². The summed E-state index contributed by atoms with van der Waals surface area (Å²) >= 11 is 0. The maximum Gasteiger partial charge on any atom is 0.328 e. The molecule has 1 heterocycles.